The standard InChI is InChI=1S/C31H38ClN2O4S/c1-37-28-7-3-2-4-15-39(36)33-30(35)22-9-13-29-27(17-22)34(18-23-8-11-25(23)28)19-31(20-38-29)14-5-6-21-16-24(32)10-12-26(21)31/h9-10,12-13,16-17,23,25,28H,2-8,11,14-15,18-20H2,1H3/q-1/t23-,25+,28-,31-/m0/s1. The van der Waals surface area contributed by atoms with E-state index >= 15 is 0 Å². The van der Waals surface area contributed by atoms with E-state index in [1.807, 2.05) is 25.3 Å². The van der Waals surface area contributed by atoms with Crippen molar-refractivity contribution in [3.05, 3.63) is 58.1 Å². The minimum absolute atomic E-state index is 0.159. The molecule has 2 aliphatic heterocycles. The Labute approximate surface area is 238 Å². The van der Waals surface area contributed by atoms with Crippen LogP contribution in [-0.2, 0) is 31.4 Å². The first kappa shape index (κ1) is 27.1. The summed E-state index contributed by atoms with van der Waals surface area (Å²) < 4.78 is 29.2. The molecule has 2 aliphatic carbocycles. The van der Waals surface area contributed by atoms with Gasteiger partial charge in [0.15, 0.2) is 0 Å². The number of methoxy groups -OCH3 is 1. The normalized spacial score (nSPS) is 29.8. The molecule has 0 aromatic heterocycles. The maximum Gasteiger partial charge on any atom is 0.254 e. The van der Waals surface area contributed by atoms with E-state index in [0.29, 0.717) is 29.8 Å². The van der Waals surface area contributed by atoms with Crippen molar-refractivity contribution >= 4 is 33.8 Å². The molecule has 2 aromatic carbocycles. The Morgan fingerprint density at radius 2 is 2.00 bits per heavy atom. The second kappa shape index (κ2) is 11.4. The average Bonchev–Trinajstić information content (AvgIpc) is 3.06. The first-order valence-corrected chi connectivity index (χ1v) is 16.1. The first-order valence-electron chi connectivity index (χ1n) is 14.4. The van der Waals surface area contributed by atoms with Gasteiger partial charge in [-0.05, 0) is 91.8 Å². The number of carbonyl (C=O) groups excluding carboxylic acids is 1. The lowest BCUT2D eigenvalue weighted by atomic mass is 9.68. The SMILES string of the molecule is CO[C@H]1CCCCC[S-](=O)=NC(=O)c2ccc3c(c2)N(C[C@@H]2CC[C@H]21)C[C@@]1(CCCc2cc(Cl)ccc21)CO3. The highest BCUT2D eigenvalue weighted by Crippen LogP contribution is 2.47. The molecule has 0 radical (unpaired) electrons. The van der Waals surface area contributed by atoms with Gasteiger partial charge in [-0.15, -0.1) is 0 Å². The van der Waals surface area contributed by atoms with Crippen LogP contribution in [0.4, 0.5) is 5.69 Å². The average molecular weight is 570 g/mol. The van der Waals surface area contributed by atoms with Crippen molar-refractivity contribution in [3.8, 4) is 5.75 Å². The van der Waals surface area contributed by atoms with E-state index in [-0.39, 0.29) is 11.5 Å². The minimum atomic E-state index is -1.52. The van der Waals surface area contributed by atoms with Crippen molar-refractivity contribution in [1.29, 1.82) is 0 Å². The van der Waals surface area contributed by atoms with Crippen LogP contribution in [-0.4, -0.2) is 44.6 Å². The number of fused-ring (bicyclic) bond motifs is 4. The summed E-state index contributed by atoms with van der Waals surface area (Å²) in [6.07, 6.45) is 9.61. The monoisotopic (exact) mass is 569 g/mol. The highest BCUT2D eigenvalue weighted by atomic mass is 35.5. The molecule has 2 aromatic rings. The molecule has 8 heteroatoms. The smallest absolute Gasteiger partial charge is 0.254 e. The zero-order valence-corrected chi connectivity index (χ0v) is 24.3. The molecule has 0 unspecified atom stereocenters. The van der Waals surface area contributed by atoms with Gasteiger partial charge in [0.1, 0.15) is 5.75 Å². The second-order valence-corrected chi connectivity index (χ2v) is 13.5. The van der Waals surface area contributed by atoms with Crippen molar-refractivity contribution in [2.75, 3.05) is 37.5 Å². The van der Waals surface area contributed by atoms with Crippen LogP contribution in [0.1, 0.15) is 72.9 Å². The number of carbonyl (C=O) groups is 1. The maximum absolute atomic E-state index is 13.0. The molecule has 2 bridgehead atoms. The van der Waals surface area contributed by atoms with Crippen molar-refractivity contribution < 1.29 is 18.5 Å². The van der Waals surface area contributed by atoms with E-state index < -0.39 is 16.5 Å². The fourth-order valence-corrected chi connectivity index (χ4v) is 8.31. The summed E-state index contributed by atoms with van der Waals surface area (Å²) in [6.45, 7) is 2.30. The van der Waals surface area contributed by atoms with Crippen LogP contribution in [0, 0.1) is 11.8 Å². The van der Waals surface area contributed by atoms with E-state index in [9.17, 15) is 9.00 Å². The summed E-state index contributed by atoms with van der Waals surface area (Å²) >= 11 is 6.40. The topological polar surface area (TPSA) is 68.2 Å². The molecular weight excluding hydrogens is 532 g/mol. The van der Waals surface area contributed by atoms with Crippen LogP contribution < -0.4 is 9.64 Å². The van der Waals surface area contributed by atoms with Gasteiger partial charge >= 0.3 is 0 Å². The lowest BCUT2D eigenvalue weighted by Crippen LogP contribution is -2.49. The lowest BCUT2D eigenvalue weighted by Gasteiger charge is -2.46. The van der Waals surface area contributed by atoms with Crippen LogP contribution >= 0.6 is 11.6 Å². The van der Waals surface area contributed by atoms with Gasteiger partial charge in [0.25, 0.3) is 5.91 Å². The molecule has 1 amide bonds. The van der Waals surface area contributed by atoms with Crippen LogP contribution in [0.25, 0.3) is 0 Å². The number of hydrogen-bond donors (Lipinski definition) is 0. The number of halogens is 1. The molecule has 39 heavy (non-hydrogen) atoms. The molecule has 4 aliphatic rings. The number of amides is 1. The number of aryl methyl sites for hydroxylation is 1. The number of ether oxygens (including phenoxy) is 2. The third-order valence-electron chi connectivity index (χ3n) is 9.49. The fraction of sp³-hybridized carbons (Fsp3) is 0.581. The Bertz CT molecular complexity index is 1330. The van der Waals surface area contributed by atoms with E-state index in [1.165, 1.54) is 24.0 Å². The molecule has 210 valence electrons. The molecular formula is C31H38ClN2O4S-. The zero-order valence-electron chi connectivity index (χ0n) is 22.7. The highest BCUT2D eigenvalue weighted by molar-refractivity contribution is 7.75. The fourth-order valence-electron chi connectivity index (χ4n) is 7.29. The van der Waals surface area contributed by atoms with E-state index in [1.54, 1.807) is 6.07 Å². The van der Waals surface area contributed by atoms with Gasteiger partial charge < -0.3 is 22.9 Å². The van der Waals surface area contributed by atoms with Crippen molar-refractivity contribution in [2.24, 2.45) is 16.2 Å². The van der Waals surface area contributed by atoms with Gasteiger partial charge in [0, 0.05) is 36.2 Å². The van der Waals surface area contributed by atoms with Gasteiger partial charge in [-0.1, -0.05) is 42.7 Å². The van der Waals surface area contributed by atoms with E-state index in [4.69, 9.17) is 21.1 Å². The summed E-state index contributed by atoms with van der Waals surface area (Å²) in [7, 11) is 0.329. The summed E-state index contributed by atoms with van der Waals surface area (Å²) in [4.78, 5) is 15.5. The molecule has 6 rings (SSSR count). The summed E-state index contributed by atoms with van der Waals surface area (Å²) in [5, 5.41) is 0.779. The Morgan fingerprint density at radius 1 is 1.10 bits per heavy atom. The summed E-state index contributed by atoms with van der Waals surface area (Å²) in [5.74, 6) is 1.85. The van der Waals surface area contributed by atoms with Crippen LogP contribution in [0.2, 0.25) is 5.02 Å². The third-order valence-corrected chi connectivity index (χ3v) is 10.7. The number of benzene rings is 2. The molecule has 0 N–H and O–H groups in total. The van der Waals surface area contributed by atoms with Crippen molar-refractivity contribution in [1.82, 2.24) is 0 Å². The zero-order chi connectivity index (χ0) is 27.0. The molecule has 6 nitrogen and oxygen atoms in total. The van der Waals surface area contributed by atoms with Gasteiger partial charge in [0.2, 0.25) is 0 Å². The third kappa shape index (κ3) is 5.47. The minimum Gasteiger partial charge on any atom is -0.490 e. The number of rotatable bonds is 1. The Hall–Kier alpha value is -2.09. The largest absolute Gasteiger partial charge is 0.490 e. The number of hydrogen-bond acceptors (Lipinski definition) is 6. The predicted octanol–water partition coefficient (Wildman–Crippen LogP) is 6.72. The molecule has 2 heterocycles. The molecule has 4 atom stereocenters. The van der Waals surface area contributed by atoms with E-state index in [0.717, 1.165) is 74.5 Å². The summed E-state index contributed by atoms with van der Waals surface area (Å²) in [5.41, 5.74) is 3.89. The lowest BCUT2D eigenvalue weighted by molar-refractivity contribution is -0.0220. The van der Waals surface area contributed by atoms with Crippen LogP contribution in [0.5, 0.6) is 5.75 Å². The van der Waals surface area contributed by atoms with Gasteiger partial charge in [-0.25, -0.2) is 0 Å². The van der Waals surface area contributed by atoms with E-state index in [2.05, 4.69) is 21.4 Å². The molecule has 1 saturated carbocycles. The predicted molar refractivity (Wildman–Crippen MR) is 155 cm³/mol. The van der Waals surface area contributed by atoms with Gasteiger partial charge in [0.05, 0.1) is 18.4 Å². The number of anilines is 1. The highest BCUT2D eigenvalue weighted by Gasteiger charge is 2.44. The molecule has 1 fully saturated rings. The molecule has 1 spiro atoms. The quantitative estimate of drug-likeness (QED) is 0.357. The maximum atomic E-state index is 13.0. The Kier molecular flexibility index (Phi) is 7.93. The van der Waals surface area contributed by atoms with Crippen LogP contribution in [0.3, 0.4) is 0 Å². The first-order chi connectivity index (χ1) is 19.0. The Balaban J connectivity index is 1.41. The number of nitrogens with zero attached hydrogens (tertiary/aromatic N) is 2. The van der Waals surface area contributed by atoms with Crippen LogP contribution in [0.15, 0.2) is 40.8 Å². The Morgan fingerprint density at radius 3 is 2.82 bits per heavy atom. The second-order valence-electron chi connectivity index (χ2n) is 11.8. The van der Waals surface area contributed by atoms with Gasteiger partial charge in [-0.2, -0.15) is 10.6 Å². The summed E-state index contributed by atoms with van der Waals surface area (Å²) in [6, 6.07) is 11.9. The van der Waals surface area contributed by atoms with Gasteiger partial charge in [-0.3, -0.25) is 4.79 Å². The molecule has 0 saturated heterocycles. The van der Waals surface area contributed by atoms with Crippen molar-refractivity contribution in [2.45, 2.75) is 69.3 Å². The van der Waals surface area contributed by atoms with Crippen molar-refractivity contribution in [3.63, 3.8) is 0 Å².